The molecule has 78 valence electrons. The lowest BCUT2D eigenvalue weighted by Crippen LogP contribution is -2.35. The first kappa shape index (κ1) is 10.5. The number of H-pyrrole nitrogens is 1. The molecule has 2 amide bonds. The fourth-order valence-corrected chi connectivity index (χ4v) is 0.961. The Morgan fingerprint density at radius 3 is 3.00 bits per heavy atom. The standard InChI is InChI=1S/C8H15N5O/c1-13(2)8(14)9-5-3-4-7-10-6-11-12-7/h6H,3-5H2,1-2H3,(H,9,14)(H,10,11,12). The zero-order valence-corrected chi connectivity index (χ0v) is 8.45. The first-order chi connectivity index (χ1) is 6.70. The topological polar surface area (TPSA) is 73.9 Å². The molecule has 6 heteroatoms. The Morgan fingerprint density at radius 2 is 2.43 bits per heavy atom. The predicted molar refractivity (Wildman–Crippen MR) is 51.8 cm³/mol. The van der Waals surface area contributed by atoms with Crippen LogP contribution < -0.4 is 5.32 Å². The van der Waals surface area contributed by atoms with Gasteiger partial charge >= 0.3 is 6.03 Å². The van der Waals surface area contributed by atoms with Gasteiger partial charge in [0, 0.05) is 27.1 Å². The van der Waals surface area contributed by atoms with Gasteiger partial charge in [0.25, 0.3) is 0 Å². The van der Waals surface area contributed by atoms with E-state index in [0.29, 0.717) is 6.54 Å². The normalized spacial score (nSPS) is 9.86. The third kappa shape index (κ3) is 3.42. The summed E-state index contributed by atoms with van der Waals surface area (Å²) >= 11 is 0. The van der Waals surface area contributed by atoms with Crippen LogP contribution in [0.15, 0.2) is 6.33 Å². The van der Waals surface area contributed by atoms with Gasteiger partial charge in [-0.05, 0) is 6.42 Å². The second-order valence-electron chi connectivity index (χ2n) is 3.16. The summed E-state index contributed by atoms with van der Waals surface area (Å²) in [5.74, 6) is 0.851. The van der Waals surface area contributed by atoms with Gasteiger partial charge in [0.2, 0.25) is 0 Å². The van der Waals surface area contributed by atoms with Crippen molar-refractivity contribution in [3.63, 3.8) is 0 Å². The lowest BCUT2D eigenvalue weighted by Gasteiger charge is -2.11. The number of aryl methyl sites for hydroxylation is 1. The van der Waals surface area contributed by atoms with Crippen molar-refractivity contribution in [2.24, 2.45) is 0 Å². The molecule has 0 radical (unpaired) electrons. The second-order valence-corrected chi connectivity index (χ2v) is 3.16. The molecule has 0 saturated carbocycles. The van der Waals surface area contributed by atoms with Crippen molar-refractivity contribution in [1.82, 2.24) is 25.4 Å². The highest BCUT2D eigenvalue weighted by Crippen LogP contribution is 1.91. The summed E-state index contributed by atoms with van der Waals surface area (Å²) in [6.07, 6.45) is 3.14. The minimum atomic E-state index is -0.0671. The summed E-state index contributed by atoms with van der Waals surface area (Å²) in [5, 5.41) is 9.27. The van der Waals surface area contributed by atoms with Crippen LogP contribution in [-0.4, -0.2) is 46.8 Å². The molecule has 2 N–H and O–H groups in total. The number of amides is 2. The smallest absolute Gasteiger partial charge is 0.316 e. The largest absolute Gasteiger partial charge is 0.338 e. The lowest BCUT2D eigenvalue weighted by molar-refractivity contribution is 0.217. The lowest BCUT2D eigenvalue weighted by atomic mass is 10.3. The molecule has 0 aromatic carbocycles. The van der Waals surface area contributed by atoms with Crippen LogP contribution >= 0.6 is 0 Å². The van der Waals surface area contributed by atoms with Crippen LogP contribution in [0.1, 0.15) is 12.2 Å². The number of carbonyl (C=O) groups is 1. The number of nitrogens with zero attached hydrogens (tertiary/aromatic N) is 3. The van der Waals surface area contributed by atoms with E-state index in [-0.39, 0.29) is 6.03 Å². The minimum absolute atomic E-state index is 0.0671. The van der Waals surface area contributed by atoms with Crippen LogP contribution in [0.5, 0.6) is 0 Å². The highest BCUT2D eigenvalue weighted by Gasteiger charge is 2.01. The van der Waals surface area contributed by atoms with Gasteiger partial charge in [-0.25, -0.2) is 9.78 Å². The molecule has 14 heavy (non-hydrogen) atoms. The van der Waals surface area contributed by atoms with Crippen molar-refractivity contribution < 1.29 is 4.79 Å². The van der Waals surface area contributed by atoms with E-state index in [1.54, 1.807) is 14.1 Å². The Labute approximate surface area is 82.7 Å². The molecule has 0 spiro atoms. The van der Waals surface area contributed by atoms with E-state index in [0.717, 1.165) is 18.7 Å². The monoisotopic (exact) mass is 197 g/mol. The number of aromatic nitrogens is 3. The predicted octanol–water partition coefficient (Wildman–Crippen LogP) is 0.00850. The quantitative estimate of drug-likeness (QED) is 0.668. The van der Waals surface area contributed by atoms with Crippen molar-refractivity contribution in [2.75, 3.05) is 20.6 Å². The van der Waals surface area contributed by atoms with Crippen molar-refractivity contribution in [2.45, 2.75) is 12.8 Å². The summed E-state index contributed by atoms with van der Waals surface area (Å²) in [5.41, 5.74) is 0. The molecule has 1 aromatic rings. The van der Waals surface area contributed by atoms with Crippen molar-refractivity contribution in [3.05, 3.63) is 12.2 Å². The average molecular weight is 197 g/mol. The molecule has 1 aromatic heterocycles. The number of hydrogen-bond donors (Lipinski definition) is 2. The number of nitrogens with one attached hydrogen (secondary N) is 2. The zero-order valence-electron chi connectivity index (χ0n) is 8.45. The summed E-state index contributed by atoms with van der Waals surface area (Å²) in [7, 11) is 3.43. The van der Waals surface area contributed by atoms with Crippen LogP contribution in [0.4, 0.5) is 4.79 Å². The number of carbonyl (C=O) groups excluding carboxylic acids is 1. The van der Waals surface area contributed by atoms with Crippen molar-refractivity contribution >= 4 is 6.03 Å². The van der Waals surface area contributed by atoms with Gasteiger partial charge in [-0.15, -0.1) is 0 Å². The van der Waals surface area contributed by atoms with Gasteiger partial charge < -0.3 is 10.2 Å². The van der Waals surface area contributed by atoms with E-state index in [9.17, 15) is 4.79 Å². The van der Waals surface area contributed by atoms with Gasteiger partial charge in [-0.1, -0.05) is 0 Å². The maximum absolute atomic E-state index is 11.1. The Bertz CT molecular complexity index is 269. The number of aromatic amines is 1. The molecule has 1 heterocycles. The molecule has 0 unspecified atom stereocenters. The molecule has 0 aliphatic carbocycles. The van der Waals surface area contributed by atoms with E-state index in [1.165, 1.54) is 11.2 Å². The van der Waals surface area contributed by atoms with Crippen LogP contribution in [-0.2, 0) is 6.42 Å². The maximum Gasteiger partial charge on any atom is 0.316 e. The van der Waals surface area contributed by atoms with Gasteiger partial charge in [0.1, 0.15) is 12.2 Å². The Morgan fingerprint density at radius 1 is 1.64 bits per heavy atom. The van der Waals surface area contributed by atoms with Crippen LogP contribution in [0, 0.1) is 0 Å². The first-order valence-electron chi connectivity index (χ1n) is 4.49. The van der Waals surface area contributed by atoms with Gasteiger partial charge in [-0.3, -0.25) is 5.10 Å². The Kier molecular flexibility index (Phi) is 3.90. The third-order valence-electron chi connectivity index (χ3n) is 1.74. The molecule has 0 saturated heterocycles. The van der Waals surface area contributed by atoms with Crippen molar-refractivity contribution in [3.8, 4) is 0 Å². The highest BCUT2D eigenvalue weighted by molar-refractivity contribution is 5.73. The minimum Gasteiger partial charge on any atom is -0.338 e. The molecule has 6 nitrogen and oxygen atoms in total. The molecule has 0 bridgehead atoms. The van der Waals surface area contributed by atoms with E-state index in [2.05, 4.69) is 20.5 Å². The zero-order chi connectivity index (χ0) is 10.4. The van der Waals surface area contributed by atoms with Gasteiger partial charge in [-0.2, -0.15) is 5.10 Å². The van der Waals surface area contributed by atoms with Gasteiger partial charge in [0.15, 0.2) is 0 Å². The van der Waals surface area contributed by atoms with E-state index >= 15 is 0 Å². The molecule has 0 atom stereocenters. The Hall–Kier alpha value is -1.59. The molecular weight excluding hydrogens is 182 g/mol. The summed E-state index contributed by atoms with van der Waals surface area (Å²) in [6.45, 7) is 0.651. The highest BCUT2D eigenvalue weighted by atomic mass is 16.2. The van der Waals surface area contributed by atoms with Crippen LogP contribution in [0.25, 0.3) is 0 Å². The summed E-state index contributed by atoms with van der Waals surface area (Å²) < 4.78 is 0. The third-order valence-corrected chi connectivity index (χ3v) is 1.74. The first-order valence-corrected chi connectivity index (χ1v) is 4.49. The van der Waals surface area contributed by atoms with E-state index in [4.69, 9.17) is 0 Å². The van der Waals surface area contributed by atoms with E-state index < -0.39 is 0 Å². The molecule has 0 fully saturated rings. The van der Waals surface area contributed by atoms with Crippen LogP contribution in [0.3, 0.4) is 0 Å². The Balaban J connectivity index is 2.08. The summed E-state index contributed by atoms with van der Waals surface area (Å²) in [4.78, 5) is 16.6. The molecule has 0 aliphatic heterocycles. The average Bonchev–Trinajstić information content (AvgIpc) is 2.64. The maximum atomic E-state index is 11.1. The SMILES string of the molecule is CN(C)C(=O)NCCCc1ncn[nH]1. The van der Waals surface area contributed by atoms with E-state index in [1.807, 2.05) is 0 Å². The van der Waals surface area contributed by atoms with Crippen LogP contribution in [0.2, 0.25) is 0 Å². The fraction of sp³-hybridized carbons (Fsp3) is 0.625. The molecule has 1 rings (SSSR count). The fourth-order valence-electron chi connectivity index (χ4n) is 0.961. The number of rotatable bonds is 4. The number of hydrogen-bond acceptors (Lipinski definition) is 3. The van der Waals surface area contributed by atoms with Gasteiger partial charge in [0.05, 0.1) is 0 Å². The second kappa shape index (κ2) is 5.21. The number of urea groups is 1. The molecular formula is C8H15N5O. The molecule has 0 aliphatic rings. The van der Waals surface area contributed by atoms with Crippen molar-refractivity contribution in [1.29, 1.82) is 0 Å². The summed E-state index contributed by atoms with van der Waals surface area (Å²) in [6, 6.07) is -0.0671.